The smallest absolute Gasteiger partial charge is 0.325 e. The van der Waals surface area contributed by atoms with Gasteiger partial charge in [-0.05, 0) is 26.7 Å². The molecule has 15 heavy (non-hydrogen) atoms. The fourth-order valence-corrected chi connectivity index (χ4v) is 1.06. The zero-order chi connectivity index (χ0) is 11.7. The molecule has 0 rings (SSSR count). The van der Waals surface area contributed by atoms with Crippen molar-refractivity contribution in [2.24, 2.45) is 5.73 Å². The number of amides is 1. The highest BCUT2D eigenvalue weighted by Gasteiger charge is 2.05. The SMILES string of the molecule is CCOC(=O)CNC(=O)CCCC(C)N. The Balaban J connectivity index is 3.45. The van der Waals surface area contributed by atoms with E-state index in [1.165, 1.54) is 0 Å². The largest absolute Gasteiger partial charge is 0.465 e. The maximum absolute atomic E-state index is 11.2. The molecule has 0 aliphatic carbocycles. The molecule has 0 aliphatic heterocycles. The first-order chi connectivity index (χ1) is 7.06. The van der Waals surface area contributed by atoms with Crippen molar-refractivity contribution < 1.29 is 14.3 Å². The lowest BCUT2D eigenvalue weighted by atomic mass is 10.1. The van der Waals surface area contributed by atoms with Crippen molar-refractivity contribution in [3.05, 3.63) is 0 Å². The van der Waals surface area contributed by atoms with Crippen LogP contribution in [0.5, 0.6) is 0 Å². The molecule has 1 atom stereocenters. The molecule has 0 aromatic heterocycles. The van der Waals surface area contributed by atoms with Crippen molar-refractivity contribution in [3.63, 3.8) is 0 Å². The maximum Gasteiger partial charge on any atom is 0.325 e. The molecular weight excluding hydrogens is 196 g/mol. The van der Waals surface area contributed by atoms with E-state index in [1.807, 2.05) is 6.92 Å². The Morgan fingerprint density at radius 3 is 2.67 bits per heavy atom. The van der Waals surface area contributed by atoms with Crippen LogP contribution in [0, 0.1) is 0 Å². The van der Waals surface area contributed by atoms with Gasteiger partial charge in [-0.3, -0.25) is 9.59 Å². The summed E-state index contributed by atoms with van der Waals surface area (Å²) < 4.78 is 4.66. The molecule has 0 bridgehead atoms. The first-order valence-corrected chi connectivity index (χ1v) is 5.24. The van der Waals surface area contributed by atoms with Crippen LogP contribution in [-0.4, -0.2) is 31.1 Å². The third-order valence-corrected chi connectivity index (χ3v) is 1.80. The normalized spacial score (nSPS) is 11.9. The van der Waals surface area contributed by atoms with Crippen LogP contribution < -0.4 is 11.1 Å². The first-order valence-electron chi connectivity index (χ1n) is 5.24. The minimum absolute atomic E-state index is 0.0507. The van der Waals surface area contributed by atoms with Crippen LogP contribution in [0.25, 0.3) is 0 Å². The molecule has 0 aromatic carbocycles. The molecule has 0 fully saturated rings. The van der Waals surface area contributed by atoms with Crippen molar-refractivity contribution in [1.82, 2.24) is 5.32 Å². The number of nitrogens with two attached hydrogens (primary N) is 1. The summed E-state index contributed by atoms with van der Waals surface area (Å²) in [5.74, 6) is -0.540. The Hall–Kier alpha value is -1.10. The van der Waals surface area contributed by atoms with E-state index in [2.05, 4.69) is 10.1 Å². The van der Waals surface area contributed by atoms with Crippen LogP contribution in [-0.2, 0) is 14.3 Å². The fourth-order valence-electron chi connectivity index (χ4n) is 1.06. The highest BCUT2D eigenvalue weighted by Crippen LogP contribution is 1.97. The minimum Gasteiger partial charge on any atom is -0.465 e. The Bertz CT molecular complexity index is 205. The molecule has 0 spiro atoms. The van der Waals surface area contributed by atoms with E-state index >= 15 is 0 Å². The molecule has 3 N–H and O–H groups in total. The summed E-state index contributed by atoms with van der Waals surface area (Å²) in [7, 11) is 0. The van der Waals surface area contributed by atoms with Gasteiger partial charge in [0.05, 0.1) is 6.61 Å². The second kappa shape index (κ2) is 8.23. The Labute approximate surface area is 90.4 Å². The standard InChI is InChI=1S/C10H20N2O3/c1-3-15-10(14)7-12-9(13)6-4-5-8(2)11/h8H,3-7,11H2,1-2H3,(H,12,13). The van der Waals surface area contributed by atoms with Gasteiger partial charge in [-0.25, -0.2) is 0 Å². The summed E-state index contributed by atoms with van der Waals surface area (Å²) in [6.45, 7) is 3.91. The van der Waals surface area contributed by atoms with Crippen LogP contribution >= 0.6 is 0 Å². The molecule has 0 saturated heterocycles. The quantitative estimate of drug-likeness (QED) is 0.595. The van der Waals surface area contributed by atoms with Gasteiger partial charge in [-0.2, -0.15) is 0 Å². The third-order valence-electron chi connectivity index (χ3n) is 1.80. The molecule has 0 saturated carbocycles. The van der Waals surface area contributed by atoms with E-state index in [4.69, 9.17) is 5.73 Å². The number of carbonyl (C=O) groups is 2. The van der Waals surface area contributed by atoms with Crippen molar-refractivity contribution in [2.75, 3.05) is 13.2 Å². The predicted molar refractivity (Wildman–Crippen MR) is 57.1 cm³/mol. The Kier molecular flexibility index (Phi) is 7.62. The molecule has 0 aliphatic rings. The molecular formula is C10H20N2O3. The van der Waals surface area contributed by atoms with Gasteiger partial charge < -0.3 is 15.8 Å². The molecule has 5 heteroatoms. The van der Waals surface area contributed by atoms with E-state index in [-0.39, 0.29) is 18.5 Å². The van der Waals surface area contributed by atoms with Gasteiger partial charge in [0.15, 0.2) is 0 Å². The second-order valence-corrected chi connectivity index (χ2v) is 3.45. The summed E-state index contributed by atoms with van der Waals surface area (Å²) >= 11 is 0. The number of carbonyl (C=O) groups excluding carboxylic acids is 2. The van der Waals surface area contributed by atoms with Gasteiger partial charge in [-0.1, -0.05) is 0 Å². The van der Waals surface area contributed by atoms with Gasteiger partial charge in [0.2, 0.25) is 5.91 Å². The van der Waals surface area contributed by atoms with Crippen LogP contribution in [0.1, 0.15) is 33.1 Å². The van der Waals surface area contributed by atoms with Crippen LogP contribution in [0.15, 0.2) is 0 Å². The highest BCUT2D eigenvalue weighted by atomic mass is 16.5. The third kappa shape index (κ3) is 9.21. The maximum atomic E-state index is 11.2. The van der Waals surface area contributed by atoms with Crippen molar-refractivity contribution in [1.29, 1.82) is 0 Å². The average Bonchev–Trinajstić information content (AvgIpc) is 2.14. The summed E-state index contributed by atoms with van der Waals surface area (Å²) in [6.07, 6.45) is 1.96. The number of esters is 1. The van der Waals surface area contributed by atoms with E-state index in [0.717, 1.165) is 12.8 Å². The van der Waals surface area contributed by atoms with Crippen molar-refractivity contribution >= 4 is 11.9 Å². The monoisotopic (exact) mass is 216 g/mol. The Morgan fingerprint density at radius 2 is 2.13 bits per heavy atom. The van der Waals surface area contributed by atoms with Gasteiger partial charge in [0, 0.05) is 12.5 Å². The fraction of sp³-hybridized carbons (Fsp3) is 0.800. The van der Waals surface area contributed by atoms with Crippen LogP contribution in [0.4, 0.5) is 0 Å². The molecule has 0 radical (unpaired) electrons. The summed E-state index contributed by atoms with van der Waals surface area (Å²) in [5.41, 5.74) is 5.53. The lowest BCUT2D eigenvalue weighted by Gasteiger charge is -2.06. The first kappa shape index (κ1) is 13.9. The topological polar surface area (TPSA) is 81.4 Å². The highest BCUT2D eigenvalue weighted by molar-refractivity contribution is 5.81. The molecule has 5 nitrogen and oxygen atoms in total. The minimum atomic E-state index is -0.405. The lowest BCUT2D eigenvalue weighted by molar-refractivity contribution is -0.143. The van der Waals surface area contributed by atoms with E-state index in [0.29, 0.717) is 13.0 Å². The van der Waals surface area contributed by atoms with E-state index in [9.17, 15) is 9.59 Å². The number of ether oxygens (including phenoxy) is 1. The molecule has 88 valence electrons. The van der Waals surface area contributed by atoms with Crippen LogP contribution in [0.2, 0.25) is 0 Å². The summed E-state index contributed by atoms with van der Waals surface area (Å²) in [4.78, 5) is 22.0. The predicted octanol–water partition coefficient (Wildman–Crippen LogP) is 0.183. The zero-order valence-corrected chi connectivity index (χ0v) is 9.41. The zero-order valence-electron chi connectivity index (χ0n) is 9.41. The molecule has 1 amide bonds. The molecule has 0 aromatic rings. The number of hydrogen-bond acceptors (Lipinski definition) is 4. The summed E-state index contributed by atoms with van der Waals surface area (Å²) in [5, 5.41) is 2.49. The van der Waals surface area contributed by atoms with Crippen molar-refractivity contribution in [3.8, 4) is 0 Å². The molecule has 1 unspecified atom stereocenters. The summed E-state index contributed by atoms with van der Waals surface area (Å²) in [6, 6.07) is 0.114. The lowest BCUT2D eigenvalue weighted by Crippen LogP contribution is -2.30. The second-order valence-electron chi connectivity index (χ2n) is 3.45. The number of rotatable bonds is 7. The van der Waals surface area contributed by atoms with Gasteiger partial charge >= 0.3 is 5.97 Å². The van der Waals surface area contributed by atoms with Crippen molar-refractivity contribution in [2.45, 2.75) is 39.2 Å². The van der Waals surface area contributed by atoms with Gasteiger partial charge in [0.1, 0.15) is 6.54 Å². The average molecular weight is 216 g/mol. The van der Waals surface area contributed by atoms with E-state index < -0.39 is 5.97 Å². The van der Waals surface area contributed by atoms with Crippen LogP contribution in [0.3, 0.4) is 0 Å². The Morgan fingerprint density at radius 1 is 1.47 bits per heavy atom. The van der Waals surface area contributed by atoms with Gasteiger partial charge in [0.25, 0.3) is 0 Å². The molecule has 0 heterocycles. The number of nitrogens with one attached hydrogen (secondary N) is 1. The number of hydrogen-bond donors (Lipinski definition) is 2. The van der Waals surface area contributed by atoms with Gasteiger partial charge in [-0.15, -0.1) is 0 Å². The van der Waals surface area contributed by atoms with E-state index in [1.54, 1.807) is 6.92 Å².